The second-order valence-corrected chi connectivity index (χ2v) is 8.65. The Bertz CT molecular complexity index is 928. The number of para-hydroxylation sites is 1. The molecule has 1 amide bonds. The first-order valence-corrected chi connectivity index (χ1v) is 10.9. The zero-order valence-corrected chi connectivity index (χ0v) is 16.6. The number of nitrogens with one attached hydrogen (secondary N) is 2. The van der Waals surface area contributed by atoms with Crippen LogP contribution in [0.2, 0.25) is 0 Å². The summed E-state index contributed by atoms with van der Waals surface area (Å²) in [5.41, 5.74) is 4.08. The van der Waals surface area contributed by atoms with Crippen LogP contribution in [-0.4, -0.2) is 17.1 Å². The minimum Gasteiger partial charge on any atom is -0.508 e. The number of aromatic hydroxyl groups is 1. The second kappa shape index (κ2) is 7.58. The van der Waals surface area contributed by atoms with Gasteiger partial charge in [0.25, 0.3) is 5.91 Å². The Morgan fingerprint density at radius 2 is 1.83 bits per heavy atom. The molecule has 4 nitrogen and oxygen atoms in total. The van der Waals surface area contributed by atoms with Crippen LogP contribution in [0.3, 0.4) is 0 Å². The fourth-order valence-corrected chi connectivity index (χ4v) is 5.33. The predicted molar refractivity (Wildman–Crippen MR) is 115 cm³/mol. The number of hydrogen-bond donors (Lipinski definition) is 3. The van der Waals surface area contributed by atoms with Crippen molar-refractivity contribution in [3.8, 4) is 5.75 Å². The highest BCUT2D eigenvalue weighted by atomic mass is 16.3. The lowest BCUT2D eigenvalue weighted by atomic mass is 9.76. The molecule has 3 atom stereocenters. The molecule has 0 bridgehead atoms. The minimum absolute atomic E-state index is 0.0335. The van der Waals surface area contributed by atoms with E-state index < -0.39 is 0 Å². The Morgan fingerprint density at radius 3 is 2.62 bits per heavy atom. The molecule has 1 saturated carbocycles. The number of carbonyl (C=O) groups is 1. The monoisotopic (exact) mass is 388 g/mol. The lowest BCUT2D eigenvalue weighted by Gasteiger charge is -2.38. The van der Waals surface area contributed by atoms with Gasteiger partial charge >= 0.3 is 0 Å². The SMILES string of the molecule is O=C(NC1CCCCC1)c1cccc2c1NC(c1ccc(O)cc1)C1CC=CC21. The normalized spacial score (nSPS) is 25.7. The number of rotatable bonds is 3. The van der Waals surface area contributed by atoms with Gasteiger partial charge < -0.3 is 15.7 Å². The molecule has 3 N–H and O–H groups in total. The Balaban J connectivity index is 1.48. The van der Waals surface area contributed by atoms with E-state index in [-0.39, 0.29) is 17.7 Å². The smallest absolute Gasteiger partial charge is 0.253 e. The molecule has 2 aliphatic carbocycles. The first kappa shape index (κ1) is 18.3. The number of carbonyl (C=O) groups excluding carboxylic acids is 1. The third-order valence-electron chi connectivity index (χ3n) is 6.83. The molecule has 3 unspecified atom stereocenters. The Kier molecular flexibility index (Phi) is 4.78. The molecule has 5 rings (SSSR count). The molecule has 150 valence electrons. The molecule has 29 heavy (non-hydrogen) atoms. The summed E-state index contributed by atoms with van der Waals surface area (Å²) in [5.74, 6) is 1.04. The van der Waals surface area contributed by atoms with Gasteiger partial charge in [-0.3, -0.25) is 4.79 Å². The number of benzene rings is 2. The third kappa shape index (κ3) is 3.41. The Morgan fingerprint density at radius 1 is 1.03 bits per heavy atom. The Labute approximate surface area is 172 Å². The lowest BCUT2D eigenvalue weighted by molar-refractivity contribution is 0.0928. The van der Waals surface area contributed by atoms with Gasteiger partial charge in [0.05, 0.1) is 17.3 Å². The largest absolute Gasteiger partial charge is 0.508 e. The molecule has 0 saturated heterocycles. The van der Waals surface area contributed by atoms with Crippen LogP contribution >= 0.6 is 0 Å². The first-order valence-electron chi connectivity index (χ1n) is 10.9. The quantitative estimate of drug-likeness (QED) is 0.627. The number of allylic oxidation sites excluding steroid dienone is 2. The van der Waals surface area contributed by atoms with Gasteiger partial charge in [0.2, 0.25) is 0 Å². The highest BCUT2D eigenvalue weighted by Crippen LogP contribution is 2.50. The zero-order valence-electron chi connectivity index (χ0n) is 16.6. The second-order valence-electron chi connectivity index (χ2n) is 8.65. The fourth-order valence-electron chi connectivity index (χ4n) is 5.33. The van der Waals surface area contributed by atoms with Gasteiger partial charge in [-0.15, -0.1) is 0 Å². The molecule has 4 heteroatoms. The molecule has 2 aromatic rings. The van der Waals surface area contributed by atoms with E-state index >= 15 is 0 Å². The van der Waals surface area contributed by atoms with Gasteiger partial charge in [0.1, 0.15) is 5.75 Å². The molecular formula is C25H28N2O2. The third-order valence-corrected chi connectivity index (χ3v) is 6.83. The summed E-state index contributed by atoms with van der Waals surface area (Å²) < 4.78 is 0. The topological polar surface area (TPSA) is 61.4 Å². The summed E-state index contributed by atoms with van der Waals surface area (Å²) in [4.78, 5) is 13.2. The van der Waals surface area contributed by atoms with E-state index in [0.717, 1.165) is 36.1 Å². The number of hydrogen-bond acceptors (Lipinski definition) is 3. The van der Waals surface area contributed by atoms with Crippen molar-refractivity contribution < 1.29 is 9.90 Å². The molecule has 1 aliphatic heterocycles. The van der Waals surface area contributed by atoms with Crippen molar-refractivity contribution in [1.82, 2.24) is 5.32 Å². The molecule has 0 radical (unpaired) electrons. The van der Waals surface area contributed by atoms with E-state index in [1.165, 1.54) is 24.8 Å². The number of amides is 1. The number of fused-ring (bicyclic) bond motifs is 3. The fraction of sp³-hybridized carbons (Fsp3) is 0.400. The van der Waals surface area contributed by atoms with Crippen LogP contribution in [-0.2, 0) is 0 Å². The van der Waals surface area contributed by atoms with Gasteiger partial charge in [-0.05, 0) is 54.5 Å². The van der Waals surface area contributed by atoms with Gasteiger partial charge in [-0.1, -0.05) is 55.7 Å². The summed E-state index contributed by atoms with van der Waals surface area (Å²) in [5, 5.41) is 16.7. The van der Waals surface area contributed by atoms with Crippen LogP contribution in [0.5, 0.6) is 5.75 Å². The van der Waals surface area contributed by atoms with E-state index in [2.05, 4.69) is 28.9 Å². The molecular weight excluding hydrogens is 360 g/mol. The maximum Gasteiger partial charge on any atom is 0.253 e. The molecule has 0 aromatic heterocycles. The van der Waals surface area contributed by atoms with E-state index in [9.17, 15) is 9.90 Å². The van der Waals surface area contributed by atoms with Gasteiger partial charge in [0, 0.05) is 12.0 Å². The van der Waals surface area contributed by atoms with Crippen LogP contribution in [0.1, 0.15) is 72.0 Å². The van der Waals surface area contributed by atoms with Crippen LogP contribution < -0.4 is 10.6 Å². The highest BCUT2D eigenvalue weighted by Gasteiger charge is 2.39. The van der Waals surface area contributed by atoms with Crippen molar-refractivity contribution in [2.24, 2.45) is 5.92 Å². The van der Waals surface area contributed by atoms with Crippen molar-refractivity contribution in [2.75, 3.05) is 5.32 Å². The maximum atomic E-state index is 13.2. The summed E-state index contributed by atoms with van der Waals surface area (Å²) in [6.45, 7) is 0. The average Bonchev–Trinajstić information content (AvgIpc) is 3.24. The van der Waals surface area contributed by atoms with Gasteiger partial charge in [-0.25, -0.2) is 0 Å². The van der Waals surface area contributed by atoms with E-state index in [4.69, 9.17) is 0 Å². The van der Waals surface area contributed by atoms with Crippen LogP contribution in [0, 0.1) is 5.92 Å². The van der Waals surface area contributed by atoms with Crippen molar-refractivity contribution >= 4 is 11.6 Å². The summed E-state index contributed by atoms with van der Waals surface area (Å²) in [6, 6.07) is 14.0. The predicted octanol–water partition coefficient (Wildman–Crippen LogP) is 5.28. The maximum absolute atomic E-state index is 13.2. The minimum atomic E-state index is 0.0335. The molecule has 1 heterocycles. The number of phenolic OH excluding ortho intramolecular Hbond substituents is 1. The van der Waals surface area contributed by atoms with E-state index in [1.54, 1.807) is 12.1 Å². The molecule has 0 spiro atoms. The van der Waals surface area contributed by atoms with Crippen LogP contribution in [0.25, 0.3) is 0 Å². The van der Waals surface area contributed by atoms with Crippen molar-refractivity contribution in [2.45, 2.75) is 56.5 Å². The lowest BCUT2D eigenvalue weighted by Crippen LogP contribution is -2.37. The first-order chi connectivity index (χ1) is 14.2. The zero-order chi connectivity index (χ0) is 19.8. The van der Waals surface area contributed by atoms with Crippen LogP contribution in [0.15, 0.2) is 54.6 Å². The summed E-state index contributed by atoms with van der Waals surface area (Å²) in [7, 11) is 0. The number of anilines is 1. The highest BCUT2D eigenvalue weighted by molar-refractivity contribution is 6.01. The summed E-state index contributed by atoms with van der Waals surface area (Å²) in [6.07, 6.45) is 11.4. The molecule has 1 fully saturated rings. The number of phenols is 1. The summed E-state index contributed by atoms with van der Waals surface area (Å²) >= 11 is 0. The van der Waals surface area contributed by atoms with Gasteiger partial charge in [-0.2, -0.15) is 0 Å². The van der Waals surface area contributed by atoms with Crippen molar-refractivity contribution in [3.63, 3.8) is 0 Å². The van der Waals surface area contributed by atoms with Gasteiger partial charge in [0.15, 0.2) is 0 Å². The molecule has 3 aliphatic rings. The Hall–Kier alpha value is -2.75. The van der Waals surface area contributed by atoms with Crippen molar-refractivity contribution in [1.29, 1.82) is 0 Å². The van der Waals surface area contributed by atoms with E-state index in [1.807, 2.05) is 24.3 Å². The van der Waals surface area contributed by atoms with Crippen molar-refractivity contribution in [3.05, 3.63) is 71.3 Å². The molecule has 2 aromatic carbocycles. The standard InChI is InChI=1S/C25H28N2O2/c28-18-14-12-16(13-15-18)23-20-9-4-8-19(20)21-10-5-11-22(24(21)27-23)25(29)26-17-6-2-1-3-7-17/h4-5,8,10-15,17,19-20,23,27-28H,1-3,6-7,9H2,(H,26,29). The average molecular weight is 389 g/mol. The van der Waals surface area contributed by atoms with E-state index in [0.29, 0.717) is 17.9 Å². The van der Waals surface area contributed by atoms with Crippen LogP contribution in [0.4, 0.5) is 5.69 Å².